The monoisotopic (exact) mass is 510 g/mol. The van der Waals surface area contributed by atoms with Gasteiger partial charge in [-0.1, -0.05) is 36.4 Å². The quantitative estimate of drug-likeness (QED) is 0.337. The van der Waals surface area contributed by atoms with E-state index in [0.717, 1.165) is 7.11 Å². The maximum atomic E-state index is 12.2. The fraction of sp³-hybridized carbons (Fsp3) is 0.158. The fourth-order valence-electron chi connectivity index (χ4n) is 2.11. The summed E-state index contributed by atoms with van der Waals surface area (Å²) in [5.41, 5.74) is 0.159. The summed E-state index contributed by atoms with van der Waals surface area (Å²) in [4.78, 5) is 47.9. The summed E-state index contributed by atoms with van der Waals surface area (Å²) in [6.45, 7) is 0. The smallest absolute Gasteiger partial charge is 0.478 e. The minimum atomic E-state index is -2.09. The molecule has 0 saturated heterocycles. The van der Waals surface area contributed by atoms with E-state index in [1.165, 1.54) is 24.3 Å². The van der Waals surface area contributed by atoms with Crippen LogP contribution in [0, 0.1) is 0 Å². The van der Waals surface area contributed by atoms with E-state index in [2.05, 4.69) is 4.74 Å². The van der Waals surface area contributed by atoms with Crippen LogP contribution in [-0.4, -0.2) is 97.2 Å². The Hall–Kier alpha value is -2.11. The summed E-state index contributed by atoms with van der Waals surface area (Å²) in [5.74, 6) is -4.80. The minimum absolute atomic E-state index is 0. The van der Waals surface area contributed by atoms with E-state index in [0.29, 0.717) is 0 Å². The van der Waals surface area contributed by atoms with Crippen molar-refractivity contribution in [3.63, 3.8) is 0 Å². The van der Waals surface area contributed by atoms with Gasteiger partial charge < -0.3 is 19.3 Å². The number of carboxylic acids is 1. The summed E-state index contributed by atoms with van der Waals surface area (Å²) in [5, 5.41) is 9.39. The third kappa shape index (κ3) is 6.50. The van der Waals surface area contributed by atoms with Crippen LogP contribution in [0.3, 0.4) is 0 Å². The van der Waals surface area contributed by atoms with Gasteiger partial charge >= 0.3 is 72.8 Å². The molecule has 140 valence electrons. The van der Waals surface area contributed by atoms with Gasteiger partial charge in [-0.3, -0.25) is 0 Å². The van der Waals surface area contributed by atoms with Crippen LogP contribution in [0.15, 0.2) is 60.7 Å². The molecule has 0 radical (unpaired) electrons. The molecule has 8 nitrogen and oxygen atoms in total. The van der Waals surface area contributed by atoms with Crippen molar-refractivity contribution >= 4 is 72.8 Å². The van der Waals surface area contributed by atoms with Gasteiger partial charge in [-0.05, 0) is 24.3 Å². The second-order valence-corrected chi connectivity index (χ2v) is 5.25. The molecule has 0 heterocycles. The molecule has 2 aromatic rings. The van der Waals surface area contributed by atoms with Crippen LogP contribution < -0.4 is 0 Å². The maximum absolute atomic E-state index is 12.2. The molecule has 1 N–H and O–H groups in total. The number of aliphatic carboxylic acids is 1. The molecule has 9 heteroatoms. The zero-order valence-electron chi connectivity index (χ0n) is 14.9. The molecule has 0 aliphatic rings. The third-order valence-corrected chi connectivity index (χ3v) is 3.44. The van der Waals surface area contributed by atoms with Crippen molar-refractivity contribution in [1.82, 2.24) is 0 Å². The average molecular weight is 510 g/mol. The Morgan fingerprint density at radius 2 is 1.14 bits per heavy atom. The first kappa shape index (κ1) is 23.9. The van der Waals surface area contributed by atoms with Gasteiger partial charge in [-0.2, -0.15) is 0 Å². The second-order valence-electron chi connectivity index (χ2n) is 5.25. The first-order chi connectivity index (χ1) is 12.9. The van der Waals surface area contributed by atoms with Gasteiger partial charge in [-0.15, -0.1) is 0 Å². The second kappa shape index (κ2) is 11.7. The topological polar surface area (TPSA) is 116 Å². The number of hydrogen-bond acceptors (Lipinski definition) is 7. The molecule has 0 fully saturated rings. The van der Waals surface area contributed by atoms with Gasteiger partial charge in [0, 0.05) is 0 Å². The van der Waals surface area contributed by atoms with E-state index in [-0.39, 0.29) is 60.0 Å². The zero-order valence-corrected chi connectivity index (χ0v) is 19.4. The number of carbonyl (C=O) groups excluding carboxylic acids is 3. The number of hydrogen-bond donors (Lipinski definition) is 1. The predicted octanol–water partition coefficient (Wildman–Crippen LogP) is 1.31. The van der Waals surface area contributed by atoms with Crippen LogP contribution in [0.5, 0.6) is 0 Å². The zero-order chi connectivity index (χ0) is 19.8. The summed E-state index contributed by atoms with van der Waals surface area (Å²) in [7, 11) is 0.990. The van der Waals surface area contributed by atoms with Gasteiger partial charge in [0.25, 0.3) is 0 Å². The molecule has 2 rings (SSSR count). The average Bonchev–Trinajstić information content (AvgIpc) is 2.70. The number of esters is 3. The Morgan fingerprint density at radius 3 is 1.50 bits per heavy atom. The molecule has 2 aromatic carbocycles. The molecule has 0 spiro atoms. The molecule has 2 atom stereocenters. The normalized spacial score (nSPS) is 11.9. The summed E-state index contributed by atoms with van der Waals surface area (Å²) in [6, 6.07) is 15.2. The Kier molecular flexibility index (Phi) is 9.97. The van der Waals surface area contributed by atoms with E-state index in [9.17, 15) is 24.3 Å². The molecule has 0 aromatic heterocycles. The molecular weight excluding hydrogens is 494 g/mol. The van der Waals surface area contributed by atoms with Gasteiger partial charge in [0.05, 0.1) is 18.2 Å². The van der Waals surface area contributed by atoms with Crippen molar-refractivity contribution in [2.24, 2.45) is 0 Å². The molecule has 0 amide bonds. The van der Waals surface area contributed by atoms with Crippen LogP contribution in [0.25, 0.3) is 0 Å². The Morgan fingerprint density at radius 1 is 0.750 bits per heavy atom. The molecule has 0 bridgehead atoms. The number of carbonyl (C=O) groups is 4. The minimum Gasteiger partial charge on any atom is -0.478 e. The van der Waals surface area contributed by atoms with Crippen LogP contribution in [0.1, 0.15) is 20.7 Å². The Balaban J connectivity index is 0.00000392. The fourth-order valence-corrected chi connectivity index (χ4v) is 2.11. The summed E-state index contributed by atoms with van der Waals surface area (Å²) < 4.78 is 14.4. The molecular formula is C19H16BaO8+2. The summed E-state index contributed by atoms with van der Waals surface area (Å²) in [6.07, 6.45) is -4.06. The van der Waals surface area contributed by atoms with Crippen LogP contribution in [-0.2, 0) is 23.8 Å². The van der Waals surface area contributed by atoms with Gasteiger partial charge in [0.15, 0.2) is 0 Å². The molecule has 28 heavy (non-hydrogen) atoms. The first-order valence-electron chi connectivity index (χ1n) is 7.76. The van der Waals surface area contributed by atoms with E-state index in [1.807, 2.05) is 0 Å². The number of benzene rings is 2. The molecule has 2 unspecified atom stereocenters. The van der Waals surface area contributed by atoms with Crippen LogP contribution in [0.4, 0.5) is 0 Å². The number of carboxylic acid groups (broad SMARTS) is 1. The number of ether oxygens (including phenoxy) is 3. The van der Waals surface area contributed by atoms with Crippen LogP contribution in [0.2, 0.25) is 0 Å². The van der Waals surface area contributed by atoms with E-state index < -0.39 is 36.1 Å². The van der Waals surface area contributed by atoms with E-state index in [1.54, 1.807) is 36.4 Å². The van der Waals surface area contributed by atoms with Gasteiger partial charge in [0.1, 0.15) is 0 Å². The van der Waals surface area contributed by atoms with Crippen molar-refractivity contribution in [3.8, 4) is 0 Å². The maximum Gasteiger partial charge on any atom is 2.00 e. The SMILES string of the molecule is COC(=O)C(OC(=O)c1ccccc1)C(OC(=O)c1ccccc1)C(=O)O.[Ba+2]. The van der Waals surface area contributed by atoms with Crippen molar-refractivity contribution in [1.29, 1.82) is 0 Å². The standard InChI is InChI=1S/C19H16O8.Ba/c1-25-19(24)15(27-18(23)13-10-6-3-7-11-13)14(16(20)21)26-17(22)12-8-4-2-5-9-12;/h2-11,14-15H,1H3,(H,20,21);/q;+2. The van der Waals surface area contributed by atoms with Crippen molar-refractivity contribution in [2.75, 3.05) is 7.11 Å². The van der Waals surface area contributed by atoms with Gasteiger partial charge in [0.2, 0.25) is 12.2 Å². The van der Waals surface area contributed by atoms with Crippen molar-refractivity contribution in [3.05, 3.63) is 71.8 Å². The summed E-state index contributed by atoms with van der Waals surface area (Å²) >= 11 is 0. The first-order valence-corrected chi connectivity index (χ1v) is 7.76. The molecule has 0 saturated carbocycles. The van der Waals surface area contributed by atoms with Crippen molar-refractivity contribution < 1.29 is 38.5 Å². The number of methoxy groups -OCH3 is 1. The Labute approximate surface area is 200 Å². The molecule has 0 aliphatic heterocycles. The van der Waals surface area contributed by atoms with E-state index in [4.69, 9.17) is 9.47 Å². The van der Waals surface area contributed by atoms with Crippen molar-refractivity contribution in [2.45, 2.75) is 12.2 Å². The Bertz CT molecular complexity index is 822. The van der Waals surface area contributed by atoms with E-state index >= 15 is 0 Å². The van der Waals surface area contributed by atoms with Gasteiger partial charge in [-0.25, -0.2) is 19.2 Å². The third-order valence-electron chi connectivity index (χ3n) is 3.44. The largest absolute Gasteiger partial charge is 2.00 e. The van der Waals surface area contributed by atoms with Crippen LogP contribution >= 0.6 is 0 Å². The molecule has 0 aliphatic carbocycles. The number of rotatable bonds is 7. The predicted molar refractivity (Wildman–Crippen MR) is 96.7 cm³/mol.